The fourth-order valence-electron chi connectivity index (χ4n) is 1.32. The van der Waals surface area contributed by atoms with Crippen LogP contribution in [0.4, 0.5) is 5.95 Å². The van der Waals surface area contributed by atoms with Crippen molar-refractivity contribution in [1.29, 1.82) is 0 Å². The molecule has 0 atom stereocenters. The summed E-state index contributed by atoms with van der Waals surface area (Å²) < 4.78 is 0. The van der Waals surface area contributed by atoms with Crippen LogP contribution < -0.4 is 5.32 Å². The molecule has 0 radical (unpaired) electrons. The molecule has 1 aromatic rings. The molecule has 1 saturated carbocycles. The average Bonchev–Trinajstić information content (AvgIpc) is 2.93. The number of aryl methyl sites for hydroxylation is 2. The molecule has 0 bridgehead atoms. The molecule has 1 aliphatic carbocycles. The van der Waals surface area contributed by atoms with Gasteiger partial charge in [-0.1, -0.05) is 0 Å². The second kappa shape index (κ2) is 3.18. The molecule has 0 aromatic carbocycles. The molecule has 15 heavy (non-hydrogen) atoms. The van der Waals surface area contributed by atoms with Crippen LogP contribution in [0.15, 0.2) is 6.20 Å². The summed E-state index contributed by atoms with van der Waals surface area (Å²) >= 11 is 0. The van der Waals surface area contributed by atoms with Crippen LogP contribution in [0.3, 0.4) is 0 Å². The maximum absolute atomic E-state index is 10.9. The minimum absolute atomic E-state index is 0.401. The third kappa shape index (κ3) is 1.77. The van der Waals surface area contributed by atoms with Crippen molar-refractivity contribution in [2.75, 3.05) is 5.32 Å². The molecule has 80 valence electrons. The normalized spacial score (nSPS) is 17.2. The first-order chi connectivity index (χ1) is 7.03. The summed E-state index contributed by atoms with van der Waals surface area (Å²) in [5, 5.41) is 11.8. The van der Waals surface area contributed by atoms with Gasteiger partial charge in [0.15, 0.2) is 0 Å². The first-order valence-electron chi connectivity index (χ1n) is 4.85. The Morgan fingerprint density at radius 2 is 2.20 bits per heavy atom. The molecule has 0 unspecified atom stereocenters. The number of rotatable bonds is 3. The van der Waals surface area contributed by atoms with Gasteiger partial charge in [-0.3, -0.25) is 0 Å². The number of hydrogen-bond donors (Lipinski definition) is 2. The Balaban J connectivity index is 2.18. The Morgan fingerprint density at radius 3 is 2.67 bits per heavy atom. The zero-order chi connectivity index (χ0) is 11.1. The summed E-state index contributed by atoms with van der Waals surface area (Å²) in [6.45, 7) is 3.80. The van der Waals surface area contributed by atoms with Crippen LogP contribution in [0.2, 0.25) is 0 Å². The van der Waals surface area contributed by atoms with E-state index in [0.29, 0.717) is 18.8 Å². The molecule has 5 nitrogen and oxygen atoms in total. The van der Waals surface area contributed by atoms with E-state index in [-0.39, 0.29) is 0 Å². The molecule has 1 fully saturated rings. The summed E-state index contributed by atoms with van der Waals surface area (Å²) in [6, 6.07) is 0. The lowest BCUT2D eigenvalue weighted by Gasteiger charge is -2.12. The van der Waals surface area contributed by atoms with Gasteiger partial charge in [0.05, 0.1) is 0 Å². The standard InChI is InChI=1S/C10H13N3O2/c1-6-5-11-9(12-7(6)2)13-10(3-4-10)8(14)15/h5H,3-4H2,1-2H3,(H,14,15)(H,11,12,13). The number of aliphatic carboxylic acids is 1. The van der Waals surface area contributed by atoms with Crippen LogP contribution in [0.5, 0.6) is 0 Å². The number of aromatic nitrogens is 2. The van der Waals surface area contributed by atoms with Crippen LogP contribution >= 0.6 is 0 Å². The second-order valence-corrected chi connectivity index (χ2v) is 3.97. The first-order valence-corrected chi connectivity index (χ1v) is 4.85. The van der Waals surface area contributed by atoms with Crippen molar-refractivity contribution >= 4 is 11.9 Å². The van der Waals surface area contributed by atoms with Gasteiger partial charge in [0.25, 0.3) is 0 Å². The third-order valence-electron chi connectivity index (χ3n) is 2.74. The van der Waals surface area contributed by atoms with Gasteiger partial charge < -0.3 is 10.4 Å². The Morgan fingerprint density at radius 1 is 1.53 bits per heavy atom. The lowest BCUT2D eigenvalue weighted by molar-refractivity contribution is -0.138. The summed E-state index contributed by atoms with van der Waals surface area (Å²) in [6.07, 6.45) is 2.97. The highest BCUT2D eigenvalue weighted by Gasteiger charge is 2.51. The zero-order valence-electron chi connectivity index (χ0n) is 8.74. The predicted octanol–water partition coefficient (Wildman–Crippen LogP) is 1.12. The minimum atomic E-state index is -0.829. The van der Waals surface area contributed by atoms with Gasteiger partial charge in [-0.2, -0.15) is 0 Å². The fraction of sp³-hybridized carbons (Fsp3) is 0.500. The summed E-state index contributed by atoms with van der Waals surface area (Å²) in [4.78, 5) is 19.2. The van der Waals surface area contributed by atoms with E-state index in [0.717, 1.165) is 11.3 Å². The Labute approximate surface area is 87.6 Å². The summed E-state index contributed by atoms with van der Waals surface area (Å²) in [7, 11) is 0. The van der Waals surface area contributed by atoms with Crippen molar-refractivity contribution in [3.05, 3.63) is 17.5 Å². The van der Waals surface area contributed by atoms with Crippen LogP contribution in [0, 0.1) is 13.8 Å². The molecule has 2 rings (SSSR count). The maximum atomic E-state index is 10.9. The van der Waals surface area contributed by atoms with Gasteiger partial charge in [-0.25, -0.2) is 14.8 Å². The number of carboxylic acids is 1. The molecule has 0 saturated heterocycles. The van der Waals surface area contributed by atoms with Crippen molar-refractivity contribution in [3.8, 4) is 0 Å². The van der Waals surface area contributed by atoms with Crippen LogP contribution in [0.1, 0.15) is 24.1 Å². The van der Waals surface area contributed by atoms with E-state index in [9.17, 15) is 4.79 Å². The van der Waals surface area contributed by atoms with Crippen molar-refractivity contribution in [2.45, 2.75) is 32.2 Å². The smallest absolute Gasteiger partial charge is 0.329 e. The average molecular weight is 207 g/mol. The molecule has 0 amide bonds. The first kappa shape index (κ1) is 9.89. The summed E-state index contributed by atoms with van der Waals surface area (Å²) in [5.41, 5.74) is 1.05. The Hall–Kier alpha value is -1.65. The number of nitrogens with zero attached hydrogens (tertiary/aromatic N) is 2. The molecule has 1 heterocycles. The maximum Gasteiger partial charge on any atom is 0.329 e. The van der Waals surface area contributed by atoms with Crippen molar-refractivity contribution < 1.29 is 9.90 Å². The van der Waals surface area contributed by atoms with E-state index in [1.807, 2.05) is 13.8 Å². The number of carboxylic acid groups (broad SMARTS) is 1. The topological polar surface area (TPSA) is 75.1 Å². The number of carbonyl (C=O) groups is 1. The van der Waals surface area contributed by atoms with E-state index < -0.39 is 11.5 Å². The van der Waals surface area contributed by atoms with E-state index >= 15 is 0 Å². The highest BCUT2D eigenvalue weighted by Crippen LogP contribution is 2.38. The van der Waals surface area contributed by atoms with E-state index in [1.54, 1.807) is 6.20 Å². The van der Waals surface area contributed by atoms with Crippen molar-refractivity contribution in [2.24, 2.45) is 0 Å². The fourth-order valence-corrected chi connectivity index (χ4v) is 1.32. The number of anilines is 1. The monoisotopic (exact) mass is 207 g/mol. The molecule has 0 spiro atoms. The van der Waals surface area contributed by atoms with Gasteiger partial charge in [-0.05, 0) is 32.3 Å². The van der Waals surface area contributed by atoms with E-state index in [4.69, 9.17) is 5.11 Å². The molecule has 0 aliphatic heterocycles. The SMILES string of the molecule is Cc1cnc(NC2(C(=O)O)CC2)nc1C. The van der Waals surface area contributed by atoms with Crippen molar-refractivity contribution in [3.63, 3.8) is 0 Å². The molecule has 5 heteroatoms. The van der Waals surface area contributed by atoms with Gasteiger partial charge in [0.2, 0.25) is 5.95 Å². The van der Waals surface area contributed by atoms with Gasteiger partial charge in [-0.15, -0.1) is 0 Å². The Kier molecular flexibility index (Phi) is 2.10. The lowest BCUT2D eigenvalue weighted by atomic mass is 10.2. The van der Waals surface area contributed by atoms with Gasteiger partial charge in [0.1, 0.15) is 5.54 Å². The molecule has 1 aliphatic rings. The van der Waals surface area contributed by atoms with Crippen molar-refractivity contribution in [1.82, 2.24) is 9.97 Å². The zero-order valence-corrected chi connectivity index (χ0v) is 8.74. The lowest BCUT2D eigenvalue weighted by Crippen LogP contribution is -2.32. The van der Waals surface area contributed by atoms with E-state index in [1.165, 1.54) is 0 Å². The molecular formula is C10H13N3O2. The highest BCUT2D eigenvalue weighted by molar-refractivity contribution is 5.85. The predicted molar refractivity (Wildman–Crippen MR) is 54.7 cm³/mol. The minimum Gasteiger partial charge on any atom is -0.480 e. The summed E-state index contributed by atoms with van der Waals surface area (Å²) in [5.74, 6) is -0.428. The highest BCUT2D eigenvalue weighted by atomic mass is 16.4. The quantitative estimate of drug-likeness (QED) is 0.776. The van der Waals surface area contributed by atoms with Gasteiger partial charge in [0, 0.05) is 11.9 Å². The third-order valence-corrected chi connectivity index (χ3v) is 2.74. The van der Waals surface area contributed by atoms with Crippen LogP contribution in [-0.2, 0) is 4.79 Å². The van der Waals surface area contributed by atoms with E-state index in [2.05, 4.69) is 15.3 Å². The molecule has 1 aromatic heterocycles. The number of nitrogens with one attached hydrogen (secondary N) is 1. The molecular weight excluding hydrogens is 194 g/mol. The van der Waals surface area contributed by atoms with Crippen LogP contribution in [0.25, 0.3) is 0 Å². The Bertz CT molecular complexity index is 413. The second-order valence-electron chi connectivity index (χ2n) is 3.97. The van der Waals surface area contributed by atoms with Gasteiger partial charge >= 0.3 is 5.97 Å². The molecule has 2 N–H and O–H groups in total. The number of hydrogen-bond acceptors (Lipinski definition) is 4. The van der Waals surface area contributed by atoms with Crippen LogP contribution in [-0.4, -0.2) is 26.6 Å². The largest absolute Gasteiger partial charge is 0.480 e.